The van der Waals surface area contributed by atoms with Gasteiger partial charge in [-0.2, -0.15) is 0 Å². The molecule has 3 aliphatic rings. The Morgan fingerprint density at radius 2 is 1.67 bits per heavy atom. The van der Waals surface area contributed by atoms with E-state index >= 15 is 0 Å². The molecular weight excluding hydrogens is 260 g/mol. The molecule has 0 aromatic rings. The first-order chi connectivity index (χ1) is 10.1. The maximum atomic E-state index is 6.27. The monoisotopic (exact) mass is 294 g/mol. The van der Waals surface area contributed by atoms with Gasteiger partial charge >= 0.3 is 0 Å². The molecular formula is C18H34N2O. The molecule has 1 heterocycles. The molecule has 3 rings (SSSR count). The van der Waals surface area contributed by atoms with Crippen molar-refractivity contribution >= 4 is 0 Å². The standard InChI is InChI=1S/C18H34N2O/c1-19-16(18(20(2)3)11-6-7-12-18)15-8-13-21-17(14-15)9-4-5-10-17/h15-16,19H,4-14H2,1-3H3. The van der Waals surface area contributed by atoms with Crippen LogP contribution >= 0.6 is 0 Å². The van der Waals surface area contributed by atoms with Crippen LogP contribution in [0.1, 0.15) is 64.2 Å². The van der Waals surface area contributed by atoms with Crippen molar-refractivity contribution in [3.63, 3.8) is 0 Å². The number of hydrogen-bond acceptors (Lipinski definition) is 3. The third-order valence-electron chi connectivity index (χ3n) is 6.77. The van der Waals surface area contributed by atoms with Crippen LogP contribution in [-0.2, 0) is 4.74 Å². The third kappa shape index (κ3) is 2.77. The van der Waals surface area contributed by atoms with Gasteiger partial charge in [-0.3, -0.25) is 0 Å². The highest BCUT2D eigenvalue weighted by atomic mass is 16.5. The second kappa shape index (κ2) is 6.17. The summed E-state index contributed by atoms with van der Waals surface area (Å²) in [5, 5.41) is 3.75. The quantitative estimate of drug-likeness (QED) is 0.862. The minimum atomic E-state index is 0.240. The lowest BCUT2D eigenvalue weighted by atomic mass is 9.72. The summed E-state index contributed by atoms with van der Waals surface area (Å²) in [7, 11) is 6.77. The van der Waals surface area contributed by atoms with E-state index in [0.717, 1.165) is 12.5 Å². The highest BCUT2D eigenvalue weighted by molar-refractivity contribution is 5.06. The second-order valence-electron chi connectivity index (χ2n) is 7.96. The first kappa shape index (κ1) is 15.8. The van der Waals surface area contributed by atoms with Crippen LogP contribution in [-0.4, -0.2) is 49.8 Å². The molecule has 2 saturated carbocycles. The molecule has 0 amide bonds. The maximum absolute atomic E-state index is 6.27. The van der Waals surface area contributed by atoms with Crippen molar-refractivity contribution in [2.75, 3.05) is 27.7 Å². The highest BCUT2D eigenvalue weighted by Gasteiger charge is 2.49. The first-order valence-corrected chi connectivity index (χ1v) is 9.11. The van der Waals surface area contributed by atoms with E-state index in [4.69, 9.17) is 4.74 Å². The Kier molecular flexibility index (Phi) is 4.63. The molecule has 1 aliphatic heterocycles. The van der Waals surface area contributed by atoms with Gasteiger partial charge in [0.2, 0.25) is 0 Å². The van der Waals surface area contributed by atoms with Gasteiger partial charge in [-0.15, -0.1) is 0 Å². The predicted octanol–water partition coefficient (Wildman–Crippen LogP) is 3.19. The number of hydrogen-bond donors (Lipinski definition) is 1. The number of nitrogens with zero attached hydrogens (tertiary/aromatic N) is 1. The van der Waals surface area contributed by atoms with Crippen LogP contribution in [0.2, 0.25) is 0 Å². The number of rotatable bonds is 4. The van der Waals surface area contributed by atoms with Crippen molar-refractivity contribution in [2.24, 2.45) is 5.92 Å². The SMILES string of the molecule is CNC(C1CCOC2(CCCC2)C1)C1(N(C)C)CCCC1. The summed E-state index contributed by atoms with van der Waals surface area (Å²) in [4.78, 5) is 2.53. The minimum absolute atomic E-state index is 0.240. The van der Waals surface area contributed by atoms with E-state index < -0.39 is 0 Å². The lowest BCUT2D eigenvalue weighted by molar-refractivity contribution is -0.107. The normalized spacial score (nSPS) is 32.9. The van der Waals surface area contributed by atoms with Gasteiger partial charge in [0.1, 0.15) is 0 Å². The van der Waals surface area contributed by atoms with Crippen LogP contribution in [0.3, 0.4) is 0 Å². The molecule has 3 fully saturated rings. The number of ether oxygens (including phenoxy) is 1. The first-order valence-electron chi connectivity index (χ1n) is 9.11. The summed E-state index contributed by atoms with van der Waals surface area (Å²) < 4.78 is 6.27. The molecule has 1 spiro atoms. The molecule has 2 unspecified atom stereocenters. The molecule has 0 radical (unpaired) electrons. The van der Waals surface area contributed by atoms with E-state index in [-0.39, 0.29) is 5.60 Å². The smallest absolute Gasteiger partial charge is 0.0685 e. The van der Waals surface area contributed by atoms with Crippen LogP contribution in [0.5, 0.6) is 0 Å². The second-order valence-corrected chi connectivity index (χ2v) is 7.96. The van der Waals surface area contributed by atoms with E-state index in [1.807, 2.05) is 0 Å². The van der Waals surface area contributed by atoms with E-state index in [1.165, 1.54) is 64.2 Å². The topological polar surface area (TPSA) is 24.5 Å². The van der Waals surface area contributed by atoms with Crippen molar-refractivity contribution in [2.45, 2.75) is 81.4 Å². The highest BCUT2D eigenvalue weighted by Crippen LogP contribution is 2.47. The molecule has 21 heavy (non-hydrogen) atoms. The van der Waals surface area contributed by atoms with Crippen molar-refractivity contribution in [3.05, 3.63) is 0 Å². The summed E-state index contributed by atoms with van der Waals surface area (Å²) in [6.45, 7) is 0.979. The summed E-state index contributed by atoms with van der Waals surface area (Å²) >= 11 is 0. The fourth-order valence-corrected chi connectivity index (χ4v) is 5.68. The van der Waals surface area contributed by atoms with Crippen LogP contribution in [0, 0.1) is 5.92 Å². The van der Waals surface area contributed by atoms with Crippen LogP contribution in [0.15, 0.2) is 0 Å². The average molecular weight is 294 g/mol. The third-order valence-corrected chi connectivity index (χ3v) is 6.77. The molecule has 3 nitrogen and oxygen atoms in total. The number of nitrogens with one attached hydrogen (secondary N) is 1. The lowest BCUT2D eigenvalue weighted by Crippen LogP contribution is -2.61. The largest absolute Gasteiger partial charge is 0.375 e. The lowest BCUT2D eigenvalue weighted by Gasteiger charge is -2.50. The Morgan fingerprint density at radius 1 is 1.05 bits per heavy atom. The Labute approximate surface area is 130 Å². The van der Waals surface area contributed by atoms with Gasteiger partial charge in [0.25, 0.3) is 0 Å². The van der Waals surface area contributed by atoms with E-state index in [9.17, 15) is 0 Å². The van der Waals surface area contributed by atoms with Crippen molar-refractivity contribution < 1.29 is 4.74 Å². The van der Waals surface area contributed by atoms with Crippen LogP contribution in [0.25, 0.3) is 0 Å². The van der Waals surface area contributed by atoms with E-state index in [2.05, 4.69) is 31.4 Å². The van der Waals surface area contributed by atoms with Gasteiger partial charge in [-0.05, 0) is 65.6 Å². The van der Waals surface area contributed by atoms with Gasteiger partial charge in [0, 0.05) is 18.2 Å². The Hall–Kier alpha value is -0.120. The summed E-state index contributed by atoms with van der Waals surface area (Å²) in [6.07, 6.45) is 13.4. The zero-order valence-corrected chi connectivity index (χ0v) is 14.3. The molecule has 0 aromatic carbocycles. The van der Waals surface area contributed by atoms with Crippen LogP contribution in [0.4, 0.5) is 0 Å². The molecule has 0 aromatic heterocycles. The molecule has 1 N–H and O–H groups in total. The summed E-state index contributed by atoms with van der Waals surface area (Å²) in [5.41, 5.74) is 0.612. The van der Waals surface area contributed by atoms with Crippen LogP contribution < -0.4 is 5.32 Å². The Balaban J connectivity index is 1.78. The molecule has 122 valence electrons. The molecule has 2 aliphatic carbocycles. The van der Waals surface area contributed by atoms with E-state index in [1.54, 1.807) is 0 Å². The molecule has 0 bridgehead atoms. The fourth-order valence-electron chi connectivity index (χ4n) is 5.68. The molecule has 1 saturated heterocycles. The van der Waals surface area contributed by atoms with E-state index in [0.29, 0.717) is 11.6 Å². The minimum Gasteiger partial charge on any atom is -0.375 e. The molecule has 2 atom stereocenters. The van der Waals surface area contributed by atoms with Gasteiger partial charge in [-0.1, -0.05) is 25.7 Å². The molecule has 3 heteroatoms. The van der Waals surface area contributed by atoms with Gasteiger partial charge in [0.15, 0.2) is 0 Å². The van der Waals surface area contributed by atoms with Crippen molar-refractivity contribution in [1.82, 2.24) is 10.2 Å². The summed E-state index contributed by atoms with van der Waals surface area (Å²) in [5.74, 6) is 0.780. The van der Waals surface area contributed by atoms with Gasteiger partial charge in [-0.25, -0.2) is 0 Å². The zero-order valence-electron chi connectivity index (χ0n) is 14.3. The van der Waals surface area contributed by atoms with Gasteiger partial charge < -0.3 is 15.0 Å². The summed E-state index contributed by atoms with van der Waals surface area (Å²) in [6, 6.07) is 0.622. The zero-order chi connectivity index (χ0) is 14.9. The maximum Gasteiger partial charge on any atom is 0.0685 e. The van der Waals surface area contributed by atoms with Crippen molar-refractivity contribution in [1.29, 1.82) is 0 Å². The average Bonchev–Trinajstić information content (AvgIpc) is 3.11. The Bertz CT molecular complexity index is 343. The Morgan fingerprint density at radius 3 is 2.24 bits per heavy atom. The fraction of sp³-hybridized carbons (Fsp3) is 1.00. The van der Waals surface area contributed by atoms with Crippen molar-refractivity contribution in [3.8, 4) is 0 Å². The van der Waals surface area contributed by atoms with Gasteiger partial charge in [0.05, 0.1) is 5.60 Å². The number of likely N-dealkylation sites (N-methyl/N-ethyl adjacent to an activating group) is 2. The predicted molar refractivity (Wildman–Crippen MR) is 87.6 cm³/mol.